The van der Waals surface area contributed by atoms with Crippen LogP contribution in [0.2, 0.25) is 6.04 Å². The van der Waals surface area contributed by atoms with Crippen molar-refractivity contribution < 1.29 is 37.4 Å². The average Bonchev–Trinajstić information content (AvgIpc) is 2.93. The highest BCUT2D eigenvalue weighted by Crippen LogP contribution is 2.19. The molecule has 0 spiro atoms. The second kappa shape index (κ2) is 22.3. The van der Waals surface area contributed by atoms with Crippen LogP contribution in [-0.4, -0.2) is 65.6 Å². The van der Waals surface area contributed by atoms with Crippen LogP contribution in [0.4, 0.5) is 4.79 Å². The molecule has 10 heteroatoms. The van der Waals surface area contributed by atoms with Crippen molar-refractivity contribution in [2.45, 2.75) is 91.5 Å². The van der Waals surface area contributed by atoms with Gasteiger partial charge in [0.25, 0.3) is 0 Å². The van der Waals surface area contributed by atoms with E-state index in [-0.39, 0.29) is 0 Å². The number of nitrogens with one attached hydrogen (secondary N) is 1. The molecule has 228 valence electrons. The Balaban J connectivity index is 2.25. The molecule has 0 radical (unpaired) electrons. The van der Waals surface area contributed by atoms with Crippen LogP contribution in [-0.2, 0) is 22.8 Å². The Labute approximate surface area is 241 Å². The molecule has 1 aromatic rings. The second-order valence-corrected chi connectivity index (χ2v) is 12.1. The van der Waals surface area contributed by atoms with Crippen LogP contribution < -0.4 is 10.1 Å². The highest BCUT2D eigenvalue weighted by molar-refractivity contribution is 6.60. The normalized spacial score (nSPS) is 11.8. The number of carbonyl (C=O) groups excluding carboxylic acids is 1. The number of hydrogen-bond donors (Lipinski definition) is 2. The predicted molar refractivity (Wildman–Crippen MR) is 160 cm³/mol. The lowest BCUT2D eigenvalue weighted by Crippen LogP contribution is -2.46. The van der Waals surface area contributed by atoms with Gasteiger partial charge in [-0.1, -0.05) is 44.7 Å². The maximum atomic E-state index is 12.0. The van der Waals surface area contributed by atoms with Gasteiger partial charge in [0.2, 0.25) is 0 Å². The van der Waals surface area contributed by atoms with Crippen molar-refractivity contribution in [2.24, 2.45) is 0 Å². The number of carboxylic acids is 1. The van der Waals surface area contributed by atoms with Crippen LogP contribution in [0.5, 0.6) is 5.75 Å². The van der Waals surface area contributed by atoms with Crippen LogP contribution in [0.1, 0.15) is 91.0 Å². The van der Waals surface area contributed by atoms with E-state index >= 15 is 0 Å². The fourth-order valence-corrected chi connectivity index (χ4v) is 6.74. The Kier molecular flexibility index (Phi) is 19.9. The molecule has 0 heterocycles. The van der Waals surface area contributed by atoms with Crippen LogP contribution in [0.15, 0.2) is 29.8 Å². The zero-order valence-corrected chi connectivity index (χ0v) is 26.0. The number of hydrogen-bond acceptors (Lipinski definition) is 7. The number of amides is 1. The second-order valence-electron chi connectivity index (χ2n) is 9.41. The first kappa shape index (κ1) is 35.6. The zero-order valence-electron chi connectivity index (χ0n) is 25.0. The Bertz CT molecular complexity index is 830. The molecule has 2 N–H and O–H groups in total. The van der Waals surface area contributed by atoms with E-state index in [1.165, 1.54) is 0 Å². The van der Waals surface area contributed by atoms with Gasteiger partial charge in [0.05, 0.1) is 13.2 Å². The SMILES string of the molecule is CCCCCOc1ccc(/C=C(\CCCCCCOC(=O)NCCC[Si](OCC)(OCC)OCC)C(=O)O)cc1. The van der Waals surface area contributed by atoms with Gasteiger partial charge in [-0.05, 0) is 76.6 Å². The fraction of sp³-hybridized carbons (Fsp3) is 0.667. The monoisotopic (exact) mass is 581 g/mol. The Hall–Kier alpha value is -2.40. The van der Waals surface area contributed by atoms with Gasteiger partial charge in [-0.3, -0.25) is 0 Å². The van der Waals surface area contributed by atoms with Crippen LogP contribution in [0.25, 0.3) is 6.08 Å². The predicted octanol–water partition coefficient (Wildman–Crippen LogP) is 6.84. The summed E-state index contributed by atoms with van der Waals surface area (Å²) in [7, 11) is -2.70. The van der Waals surface area contributed by atoms with E-state index in [2.05, 4.69) is 12.2 Å². The summed E-state index contributed by atoms with van der Waals surface area (Å²) in [5.41, 5.74) is 1.23. The van der Waals surface area contributed by atoms with Crippen molar-refractivity contribution >= 4 is 26.9 Å². The zero-order chi connectivity index (χ0) is 29.5. The third kappa shape index (κ3) is 16.0. The van der Waals surface area contributed by atoms with Gasteiger partial charge in [-0.15, -0.1) is 0 Å². The lowest BCUT2D eigenvalue weighted by atomic mass is 10.0. The summed E-state index contributed by atoms with van der Waals surface area (Å²) in [6, 6.07) is 8.16. The van der Waals surface area contributed by atoms with Gasteiger partial charge >= 0.3 is 20.9 Å². The van der Waals surface area contributed by atoms with Crippen molar-refractivity contribution in [1.29, 1.82) is 0 Å². The smallest absolute Gasteiger partial charge is 0.494 e. The van der Waals surface area contributed by atoms with Crippen LogP contribution in [0.3, 0.4) is 0 Å². The summed E-state index contributed by atoms with van der Waals surface area (Å²) >= 11 is 0. The lowest BCUT2D eigenvalue weighted by Gasteiger charge is -2.28. The Morgan fingerprint density at radius 2 is 1.45 bits per heavy atom. The van der Waals surface area contributed by atoms with E-state index < -0.39 is 20.9 Å². The largest absolute Gasteiger partial charge is 0.500 e. The number of aliphatic carboxylic acids is 1. The summed E-state index contributed by atoms with van der Waals surface area (Å²) < 4.78 is 28.4. The maximum Gasteiger partial charge on any atom is 0.500 e. The Morgan fingerprint density at radius 1 is 0.825 bits per heavy atom. The van der Waals surface area contributed by atoms with Gasteiger partial charge in [0.1, 0.15) is 5.75 Å². The standard InChI is InChI=1S/C30H51NO8Si/c1-5-9-13-22-35-28-19-17-26(18-20-28)25-27(29(32)33)16-12-10-11-14-23-36-30(34)31-21-15-24-40(37-6-2,38-7-3)39-8-4/h17-20,25H,5-16,21-24H2,1-4H3,(H,31,34)(H,32,33)/b27-25+. The number of carboxylic acid groups (broad SMARTS) is 1. The van der Waals surface area contributed by atoms with E-state index in [0.29, 0.717) is 64.0 Å². The molecule has 0 atom stereocenters. The minimum absolute atomic E-state index is 0.329. The van der Waals surface area contributed by atoms with Crippen molar-refractivity contribution in [2.75, 3.05) is 39.6 Å². The summed E-state index contributed by atoms with van der Waals surface area (Å²) in [5, 5.41) is 12.4. The molecule has 0 fully saturated rings. The van der Waals surface area contributed by atoms with Crippen LogP contribution in [0, 0.1) is 0 Å². The van der Waals surface area contributed by atoms with E-state index in [0.717, 1.165) is 56.3 Å². The van der Waals surface area contributed by atoms with E-state index in [1.807, 2.05) is 45.0 Å². The molecule has 0 aliphatic carbocycles. The molecular formula is C30H51NO8Si. The van der Waals surface area contributed by atoms with E-state index in [4.69, 9.17) is 22.8 Å². The first-order chi connectivity index (χ1) is 19.4. The van der Waals surface area contributed by atoms with Crippen molar-refractivity contribution in [3.05, 3.63) is 35.4 Å². The number of benzene rings is 1. The minimum Gasteiger partial charge on any atom is -0.494 e. The molecule has 0 unspecified atom stereocenters. The molecule has 1 aromatic carbocycles. The Morgan fingerprint density at radius 3 is 2.05 bits per heavy atom. The van der Waals surface area contributed by atoms with Gasteiger partial charge < -0.3 is 33.2 Å². The summed E-state index contributed by atoms with van der Waals surface area (Å²) in [4.78, 5) is 23.7. The fourth-order valence-electron chi connectivity index (χ4n) is 4.13. The van der Waals surface area contributed by atoms with Gasteiger partial charge in [0.15, 0.2) is 0 Å². The van der Waals surface area contributed by atoms with Gasteiger partial charge in [0, 0.05) is 38.0 Å². The van der Waals surface area contributed by atoms with Crippen molar-refractivity contribution in [3.8, 4) is 5.75 Å². The molecule has 40 heavy (non-hydrogen) atoms. The number of alkyl carbamates (subject to hydrolysis) is 1. The van der Waals surface area contributed by atoms with Crippen molar-refractivity contribution in [1.82, 2.24) is 5.32 Å². The first-order valence-corrected chi connectivity index (χ1v) is 16.8. The van der Waals surface area contributed by atoms with E-state index in [9.17, 15) is 14.7 Å². The number of rotatable bonds is 24. The molecule has 0 bridgehead atoms. The van der Waals surface area contributed by atoms with Crippen LogP contribution >= 0.6 is 0 Å². The third-order valence-electron chi connectivity index (χ3n) is 6.11. The van der Waals surface area contributed by atoms with Gasteiger partial charge in [-0.2, -0.15) is 0 Å². The number of unbranched alkanes of at least 4 members (excludes halogenated alkanes) is 5. The number of ether oxygens (including phenoxy) is 2. The number of carbonyl (C=O) groups is 2. The average molecular weight is 582 g/mol. The highest BCUT2D eigenvalue weighted by Gasteiger charge is 2.39. The third-order valence-corrected chi connectivity index (χ3v) is 9.26. The molecule has 0 saturated heterocycles. The molecule has 1 rings (SSSR count). The quantitative estimate of drug-likeness (QED) is 0.0775. The molecular weight excluding hydrogens is 530 g/mol. The molecule has 0 aromatic heterocycles. The molecule has 1 amide bonds. The van der Waals surface area contributed by atoms with Gasteiger partial charge in [-0.25, -0.2) is 9.59 Å². The highest BCUT2D eigenvalue weighted by atomic mass is 28.4. The molecule has 9 nitrogen and oxygen atoms in total. The lowest BCUT2D eigenvalue weighted by molar-refractivity contribution is -0.132. The summed E-state index contributed by atoms with van der Waals surface area (Å²) in [6.07, 6.45) is 8.98. The first-order valence-electron chi connectivity index (χ1n) is 14.9. The summed E-state index contributed by atoms with van der Waals surface area (Å²) in [6.45, 7) is 11.0. The molecule has 0 aliphatic rings. The minimum atomic E-state index is -2.70. The topological polar surface area (TPSA) is 113 Å². The maximum absolute atomic E-state index is 12.0. The summed E-state index contributed by atoms with van der Waals surface area (Å²) in [5.74, 6) is -0.0991. The molecule has 0 aliphatic heterocycles. The van der Waals surface area contributed by atoms with E-state index in [1.54, 1.807) is 6.08 Å². The van der Waals surface area contributed by atoms with Crippen molar-refractivity contribution in [3.63, 3.8) is 0 Å². The molecule has 0 saturated carbocycles.